The zero-order valence-electron chi connectivity index (χ0n) is 11.6. The molecule has 1 atom stereocenters. The molecule has 20 heavy (non-hydrogen) atoms. The summed E-state index contributed by atoms with van der Waals surface area (Å²) in [5.41, 5.74) is 0.825. The summed E-state index contributed by atoms with van der Waals surface area (Å²) in [5.74, 6) is -1.04. The van der Waals surface area contributed by atoms with Crippen molar-refractivity contribution in [2.24, 2.45) is 0 Å². The highest BCUT2D eigenvalue weighted by molar-refractivity contribution is 6.21. The van der Waals surface area contributed by atoms with Crippen molar-refractivity contribution in [3.05, 3.63) is 35.4 Å². The molecule has 0 radical (unpaired) electrons. The van der Waals surface area contributed by atoms with Crippen LogP contribution in [0.25, 0.3) is 0 Å². The van der Waals surface area contributed by atoms with Gasteiger partial charge in [-0.1, -0.05) is 25.5 Å². The Morgan fingerprint density at radius 3 is 2.20 bits per heavy atom. The molecule has 0 aromatic heterocycles. The first kappa shape index (κ1) is 14.2. The number of benzene rings is 1. The first-order valence-corrected chi connectivity index (χ1v) is 6.67. The van der Waals surface area contributed by atoms with Gasteiger partial charge in [0.1, 0.15) is 6.10 Å². The summed E-state index contributed by atoms with van der Waals surface area (Å²) in [5, 5.41) is 0. The van der Waals surface area contributed by atoms with Gasteiger partial charge in [0, 0.05) is 6.92 Å². The molecule has 0 fully saturated rings. The summed E-state index contributed by atoms with van der Waals surface area (Å²) < 4.78 is 5.16. The molecule has 1 heterocycles. The molecule has 1 aromatic rings. The van der Waals surface area contributed by atoms with Crippen LogP contribution in [0, 0.1) is 0 Å². The van der Waals surface area contributed by atoms with Crippen LogP contribution < -0.4 is 0 Å². The van der Waals surface area contributed by atoms with Crippen molar-refractivity contribution in [3.8, 4) is 0 Å². The SMILES string of the molecule is CCC[C@H](CN1C(=O)c2ccccc2C1=O)OC(C)=O. The van der Waals surface area contributed by atoms with Crippen molar-refractivity contribution in [1.82, 2.24) is 4.90 Å². The van der Waals surface area contributed by atoms with E-state index in [-0.39, 0.29) is 18.4 Å². The molecule has 5 nitrogen and oxygen atoms in total. The molecule has 2 rings (SSSR count). The van der Waals surface area contributed by atoms with Crippen molar-refractivity contribution >= 4 is 17.8 Å². The lowest BCUT2D eigenvalue weighted by atomic mass is 10.1. The van der Waals surface area contributed by atoms with Gasteiger partial charge < -0.3 is 4.74 Å². The number of amides is 2. The predicted octanol–water partition coefficient (Wildman–Crippen LogP) is 2.01. The Labute approximate surface area is 117 Å². The van der Waals surface area contributed by atoms with Gasteiger partial charge in [-0.2, -0.15) is 0 Å². The van der Waals surface area contributed by atoms with Crippen LogP contribution in [0.1, 0.15) is 47.4 Å². The highest BCUT2D eigenvalue weighted by atomic mass is 16.5. The van der Waals surface area contributed by atoms with Crippen molar-refractivity contribution in [1.29, 1.82) is 0 Å². The fraction of sp³-hybridized carbons (Fsp3) is 0.400. The van der Waals surface area contributed by atoms with Gasteiger partial charge in [0.25, 0.3) is 11.8 Å². The van der Waals surface area contributed by atoms with E-state index in [4.69, 9.17) is 4.74 Å². The van der Waals surface area contributed by atoms with E-state index in [9.17, 15) is 14.4 Å². The Kier molecular flexibility index (Phi) is 4.17. The van der Waals surface area contributed by atoms with Crippen LogP contribution in [0.15, 0.2) is 24.3 Å². The molecule has 0 saturated carbocycles. The number of carbonyl (C=O) groups is 3. The summed E-state index contributed by atoms with van der Waals surface area (Å²) >= 11 is 0. The van der Waals surface area contributed by atoms with E-state index in [2.05, 4.69) is 0 Å². The second kappa shape index (κ2) is 5.86. The van der Waals surface area contributed by atoms with Crippen molar-refractivity contribution < 1.29 is 19.1 Å². The van der Waals surface area contributed by atoms with E-state index in [0.717, 1.165) is 11.3 Å². The molecule has 1 aromatic carbocycles. The predicted molar refractivity (Wildman–Crippen MR) is 72.3 cm³/mol. The summed E-state index contributed by atoms with van der Waals surface area (Å²) in [6, 6.07) is 6.72. The maximum absolute atomic E-state index is 12.2. The summed E-state index contributed by atoms with van der Waals surface area (Å²) in [4.78, 5) is 36.6. The number of ether oxygens (including phenoxy) is 1. The highest BCUT2D eigenvalue weighted by Gasteiger charge is 2.36. The van der Waals surface area contributed by atoms with Crippen LogP contribution in [-0.2, 0) is 9.53 Å². The molecule has 0 saturated heterocycles. The fourth-order valence-electron chi connectivity index (χ4n) is 2.35. The molecule has 0 spiro atoms. The van der Waals surface area contributed by atoms with Crippen molar-refractivity contribution in [3.63, 3.8) is 0 Å². The van der Waals surface area contributed by atoms with Crippen molar-refractivity contribution in [2.75, 3.05) is 6.54 Å². The number of hydrogen-bond acceptors (Lipinski definition) is 4. The maximum Gasteiger partial charge on any atom is 0.302 e. The molecular weight excluding hydrogens is 258 g/mol. The number of rotatable bonds is 5. The molecule has 0 bridgehead atoms. The minimum Gasteiger partial charge on any atom is -0.461 e. The van der Waals surface area contributed by atoms with E-state index in [1.165, 1.54) is 6.92 Å². The largest absolute Gasteiger partial charge is 0.461 e. The summed E-state index contributed by atoms with van der Waals surface area (Å²) in [6.07, 6.45) is 0.980. The van der Waals surface area contributed by atoms with Gasteiger partial charge in [-0.25, -0.2) is 0 Å². The van der Waals surface area contributed by atoms with Gasteiger partial charge in [-0.3, -0.25) is 19.3 Å². The van der Waals surface area contributed by atoms with Crippen LogP contribution in [0.2, 0.25) is 0 Å². The average molecular weight is 275 g/mol. The van der Waals surface area contributed by atoms with Crippen LogP contribution >= 0.6 is 0 Å². The van der Waals surface area contributed by atoms with Gasteiger partial charge >= 0.3 is 5.97 Å². The third-order valence-corrected chi connectivity index (χ3v) is 3.21. The van der Waals surface area contributed by atoms with E-state index in [1.807, 2.05) is 6.92 Å². The van der Waals surface area contributed by atoms with E-state index in [0.29, 0.717) is 17.5 Å². The zero-order valence-corrected chi connectivity index (χ0v) is 11.6. The lowest BCUT2D eigenvalue weighted by Crippen LogP contribution is -2.38. The lowest BCUT2D eigenvalue weighted by Gasteiger charge is -2.21. The number of fused-ring (bicyclic) bond motifs is 1. The first-order valence-electron chi connectivity index (χ1n) is 6.67. The maximum atomic E-state index is 12.2. The standard InChI is InChI=1S/C15H17NO4/c1-3-6-11(20-10(2)17)9-16-14(18)12-7-4-5-8-13(12)15(16)19/h4-5,7-8,11H,3,6,9H2,1-2H3/t11-/m1/s1. The quantitative estimate of drug-likeness (QED) is 0.609. The summed E-state index contributed by atoms with van der Waals surface area (Å²) in [7, 11) is 0. The Hall–Kier alpha value is -2.17. The van der Waals surface area contributed by atoms with Gasteiger partial charge in [0.15, 0.2) is 0 Å². The normalized spacial score (nSPS) is 15.2. The lowest BCUT2D eigenvalue weighted by molar-refractivity contribution is -0.147. The number of esters is 1. The Morgan fingerprint density at radius 2 is 1.75 bits per heavy atom. The molecular formula is C15H17NO4. The number of nitrogens with zero attached hydrogens (tertiary/aromatic N) is 1. The van der Waals surface area contributed by atoms with Gasteiger partial charge in [-0.15, -0.1) is 0 Å². The minimum atomic E-state index is -0.445. The first-order chi connectivity index (χ1) is 9.54. The molecule has 2 amide bonds. The molecule has 0 aliphatic carbocycles. The van der Waals surface area contributed by atoms with Crippen LogP contribution in [0.4, 0.5) is 0 Å². The third-order valence-electron chi connectivity index (χ3n) is 3.21. The van der Waals surface area contributed by atoms with E-state index in [1.54, 1.807) is 24.3 Å². The van der Waals surface area contributed by atoms with Crippen LogP contribution in [0.5, 0.6) is 0 Å². The third kappa shape index (κ3) is 2.71. The van der Waals surface area contributed by atoms with Crippen molar-refractivity contribution in [2.45, 2.75) is 32.8 Å². The van der Waals surface area contributed by atoms with E-state index < -0.39 is 12.1 Å². The molecule has 1 aliphatic heterocycles. The fourth-order valence-corrected chi connectivity index (χ4v) is 2.35. The second-order valence-electron chi connectivity index (χ2n) is 4.79. The number of carbonyl (C=O) groups excluding carboxylic acids is 3. The highest BCUT2D eigenvalue weighted by Crippen LogP contribution is 2.23. The Morgan fingerprint density at radius 1 is 1.20 bits per heavy atom. The topological polar surface area (TPSA) is 63.7 Å². The Balaban J connectivity index is 2.16. The minimum absolute atomic E-state index is 0.111. The molecule has 0 N–H and O–H groups in total. The van der Waals surface area contributed by atoms with Crippen LogP contribution in [0.3, 0.4) is 0 Å². The molecule has 0 unspecified atom stereocenters. The van der Waals surface area contributed by atoms with E-state index >= 15 is 0 Å². The number of hydrogen-bond donors (Lipinski definition) is 0. The monoisotopic (exact) mass is 275 g/mol. The molecule has 5 heteroatoms. The average Bonchev–Trinajstić information content (AvgIpc) is 2.64. The smallest absolute Gasteiger partial charge is 0.302 e. The van der Waals surface area contributed by atoms with Gasteiger partial charge in [0.05, 0.1) is 17.7 Å². The number of imide groups is 1. The zero-order chi connectivity index (χ0) is 14.7. The Bertz CT molecular complexity index is 518. The van der Waals surface area contributed by atoms with Crippen LogP contribution in [-0.4, -0.2) is 35.3 Å². The molecule has 106 valence electrons. The van der Waals surface area contributed by atoms with Gasteiger partial charge in [0.2, 0.25) is 0 Å². The summed E-state index contributed by atoms with van der Waals surface area (Å²) in [6.45, 7) is 3.39. The molecule has 1 aliphatic rings. The van der Waals surface area contributed by atoms with Gasteiger partial charge in [-0.05, 0) is 18.6 Å². The second-order valence-corrected chi connectivity index (χ2v) is 4.79.